The van der Waals surface area contributed by atoms with E-state index in [0.29, 0.717) is 0 Å². The highest BCUT2D eigenvalue weighted by atomic mass is 15.1. The number of nitrogens with zero attached hydrogens (tertiary/aromatic N) is 1. The third-order valence-corrected chi connectivity index (χ3v) is 10.9. The molecule has 0 unspecified atom stereocenters. The van der Waals surface area contributed by atoms with Gasteiger partial charge in [0.05, 0.1) is 0 Å². The van der Waals surface area contributed by atoms with Crippen molar-refractivity contribution >= 4 is 34.3 Å². The Balaban J connectivity index is 1.09. The molecule has 1 heteroatoms. The zero-order valence-corrected chi connectivity index (χ0v) is 31.9. The predicted molar refractivity (Wildman–Crippen MR) is 245 cm³/mol. The van der Waals surface area contributed by atoms with Crippen molar-refractivity contribution in [1.29, 1.82) is 0 Å². The van der Waals surface area contributed by atoms with Gasteiger partial charge in [-0.25, -0.2) is 0 Å². The molecule has 1 aliphatic rings. The van der Waals surface area contributed by atoms with Crippen LogP contribution in [0.5, 0.6) is 0 Å². The van der Waals surface area contributed by atoms with Crippen molar-refractivity contribution < 1.29 is 0 Å². The van der Waals surface area contributed by atoms with Crippen LogP contribution in [-0.2, 0) is 6.42 Å². The van der Waals surface area contributed by atoms with E-state index in [1.807, 2.05) is 6.08 Å². The molecule has 0 heterocycles. The Morgan fingerprint density at radius 3 is 1.88 bits per heavy atom. The summed E-state index contributed by atoms with van der Waals surface area (Å²) < 4.78 is 0. The molecule has 272 valence electrons. The number of benzene rings is 8. The number of hydrogen-bond donors (Lipinski definition) is 0. The molecule has 0 aromatic heterocycles. The molecule has 0 fully saturated rings. The van der Waals surface area contributed by atoms with Crippen LogP contribution in [0.2, 0.25) is 0 Å². The highest BCUT2D eigenvalue weighted by Crippen LogP contribution is 2.40. The van der Waals surface area contributed by atoms with Crippen molar-refractivity contribution in [2.75, 3.05) is 4.90 Å². The molecule has 0 aliphatic heterocycles. The van der Waals surface area contributed by atoms with Crippen LogP contribution in [0.25, 0.3) is 67.4 Å². The zero-order valence-electron chi connectivity index (χ0n) is 31.9. The number of rotatable bonds is 10. The molecular weight excluding hydrogens is 687 g/mol. The smallest absolute Gasteiger partial charge is 0.0462 e. The van der Waals surface area contributed by atoms with Gasteiger partial charge in [-0.2, -0.15) is 0 Å². The minimum Gasteiger partial charge on any atom is -0.311 e. The quantitative estimate of drug-likeness (QED) is 0.127. The van der Waals surface area contributed by atoms with Gasteiger partial charge in [0.25, 0.3) is 0 Å². The van der Waals surface area contributed by atoms with Crippen LogP contribution in [0.1, 0.15) is 23.1 Å². The summed E-state index contributed by atoms with van der Waals surface area (Å²) in [6.07, 6.45) is 15.1. The number of aryl methyl sites for hydroxylation is 1. The van der Waals surface area contributed by atoms with Gasteiger partial charge in [0.15, 0.2) is 0 Å². The summed E-state index contributed by atoms with van der Waals surface area (Å²) in [5.74, 6) is 0. The number of hydrogen-bond acceptors (Lipinski definition) is 1. The number of allylic oxidation sites excluding steroid dienone is 4. The molecule has 0 saturated heterocycles. The van der Waals surface area contributed by atoms with Crippen LogP contribution in [0.3, 0.4) is 0 Å². The van der Waals surface area contributed by atoms with E-state index < -0.39 is 0 Å². The van der Waals surface area contributed by atoms with Gasteiger partial charge < -0.3 is 4.90 Å². The maximum atomic E-state index is 4.28. The molecule has 0 spiro atoms. The lowest BCUT2D eigenvalue weighted by molar-refractivity contribution is 0.985. The summed E-state index contributed by atoms with van der Waals surface area (Å²) >= 11 is 0. The van der Waals surface area contributed by atoms with Gasteiger partial charge in [-0.3, -0.25) is 0 Å². The minimum atomic E-state index is 0.982. The second kappa shape index (κ2) is 16.3. The third-order valence-electron chi connectivity index (χ3n) is 10.9. The lowest BCUT2D eigenvalue weighted by Crippen LogP contribution is -2.14. The normalized spacial score (nSPS) is 12.5. The van der Waals surface area contributed by atoms with E-state index in [2.05, 4.69) is 230 Å². The van der Waals surface area contributed by atoms with Crippen LogP contribution in [-0.4, -0.2) is 0 Å². The summed E-state index contributed by atoms with van der Waals surface area (Å²) in [6, 6.07) is 67.9. The highest BCUT2D eigenvalue weighted by Gasteiger charge is 2.16. The van der Waals surface area contributed by atoms with Crippen molar-refractivity contribution in [1.82, 2.24) is 0 Å². The molecule has 0 atom stereocenters. The highest BCUT2D eigenvalue weighted by molar-refractivity contribution is 6.01. The minimum absolute atomic E-state index is 0.982. The fraction of sp³-hybridized carbons (Fsp3) is 0.0357. The molecule has 1 aliphatic carbocycles. The molecule has 8 aromatic carbocycles. The van der Waals surface area contributed by atoms with Crippen molar-refractivity contribution in [2.45, 2.75) is 12.8 Å². The molecule has 8 aromatic rings. The van der Waals surface area contributed by atoms with Gasteiger partial charge in [-0.05, 0) is 133 Å². The first-order valence-electron chi connectivity index (χ1n) is 19.8. The lowest BCUT2D eigenvalue weighted by Gasteiger charge is -2.26. The fourth-order valence-electron chi connectivity index (χ4n) is 8.00. The molecular formula is C56H43N. The van der Waals surface area contributed by atoms with E-state index in [4.69, 9.17) is 0 Å². The Kier molecular flexibility index (Phi) is 10.1. The zero-order chi connectivity index (χ0) is 38.4. The summed E-state index contributed by atoms with van der Waals surface area (Å²) in [7, 11) is 0. The van der Waals surface area contributed by atoms with Crippen molar-refractivity contribution in [2.24, 2.45) is 0 Å². The molecule has 9 rings (SSSR count). The fourth-order valence-corrected chi connectivity index (χ4v) is 8.00. The maximum absolute atomic E-state index is 4.28. The van der Waals surface area contributed by atoms with Gasteiger partial charge in [0, 0.05) is 17.1 Å². The van der Waals surface area contributed by atoms with E-state index in [-0.39, 0.29) is 0 Å². The number of fused-ring (bicyclic) bond motifs is 2. The lowest BCUT2D eigenvalue weighted by atomic mass is 9.89. The molecule has 0 amide bonds. The van der Waals surface area contributed by atoms with Crippen molar-refractivity contribution in [3.05, 3.63) is 241 Å². The summed E-state index contributed by atoms with van der Waals surface area (Å²) in [5, 5.41) is 2.50. The van der Waals surface area contributed by atoms with E-state index in [1.165, 1.54) is 66.4 Å². The van der Waals surface area contributed by atoms with Crippen LogP contribution >= 0.6 is 0 Å². The van der Waals surface area contributed by atoms with Crippen LogP contribution < -0.4 is 4.90 Å². The Morgan fingerprint density at radius 2 is 1.14 bits per heavy atom. The SMILES string of the molecule is C=C/C(=C\C=C\c1ccc2c(c1)C=CCC2)N(c1ccc(-c2ccccc2)cc1)c1ccc(-c2ccc(-c3cccc4ccccc34)c(-c3ccccc3)c2)cc1. The molecule has 0 saturated carbocycles. The van der Waals surface area contributed by atoms with E-state index >= 15 is 0 Å². The molecule has 57 heavy (non-hydrogen) atoms. The van der Waals surface area contributed by atoms with Crippen molar-refractivity contribution in [3.8, 4) is 44.5 Å². The molecule has 0 radical (unpaired) electrons. The first-order chi connectivity index (χ1) is 28.2. The Labute approximate surface area is 336 Å². The predicted octanol–water partition coefficient (Wildman–Crippen LogP) is 15.4. The van der Waals surface area contributed by atoms with Crippen LogP contribution in [0.4, 0.5) is 11.4 Å². The number of anilines is 2. The van der Waals surface area contributed by atoms with Crippen LogP contribution in [0.15, 0.2) is 225 Å². The maximum Gasteiger partial charge on any atom is 0.0462 e. The van der Waals surface area contributed by atoms with Gasteiger partial charge in [-0.1, -0.05) is 183 Å². The summed E-state index contributed by atoms with van der Waals surface area (Å²) in [4.78, 5) is 2.28. The Hall–Kier alpha value is -7.22. The van der Waals surface area contributed by atoms with Crippen LogP contribution in [0, 0.1) is 0 Å². The first kappa shape index (κ1) is 35.5. The Morgan fingerprint density at radius 1 is 0.509 bits per heavy atom. The van der Waals surface area contributed by atoms with Gasteiger partial charge >= 0.3 is 0 Å². The largest absolute Gasteiger partial charge is 0.311 e. The van der Waals surface area contributed by atoms with Gasteiger partial charge in [0.2, 0.25) is 0 Å². The topological polar surface area (TPSA) is 3.24 Å². The van der Waals surface area contributed by atoms with Gasteiger partial charge in [-0.15, -0.1) is 0 Å². The molecule has 1 nitrogen and oxygen atoms in total. The summed E-state index contributed by atoms with van der Waals surface area (Å²) in [5.41, 5.74) is 16.6. The van der Waals surface area contributed by atoms with Crippen molar-refractivity contribution in [3.63, 3.8) is 0 Å². The molecule has 0 N–H and O–H groups in total. The standard InChI is InChI=1S/C56H43N/c1-2-50(24-13-15-41-27-28-43-18-9-10-22-48(43)39-41)57(51-34-29-44(30-35-51)42-16-5-3-6-17-42)52-36-31-45(32-37-52)49-33-38-55(56(40-49)47-19-7-4-8-20-47)54-26-14-23-46-21-11-12-25-53(46)54/h2-8,10-17,19-40H,1,9,18H2/b15-13+,50-24+. The Bertz CT molecular complexity index is 2760. The monoisotopic (exact) mass is 729 g/mol. The third kappa shape index (κ3) is 7.57. The average Bonchev–Trinajstić information content (AvgIpc) is 3.29. The second-order valence-electron chi connectivity index (χ2n) is 14.5. The average molecular weight is 730 g/mol. The van der Waals surface area contributed by atoms with E-state index in [0.717, 1.165) is 35.5 Å². The van der Waals surface area contributed by atoms with E-state index in [9.17, 15) is 0 Å². The van der Waals surface area contributed by atoms with Gasteiger partial charge in [0.1, 0.15) is 0 Å². The molecule has 0 bridgehead atoms. The van der Waals surface area contributed by atoms with E-state index in [1.54, 1.807) is 0 Å². The summed E-state index contributed by atoms with van der Waals surface area (Å²) in [6.45, 7) is 4.28. The second-order valence-corrected chi connectivity index (χ2v) is 14.5. The first-order valence-corrected chi connectivity index (χ1v) is 19.8.